The van der Waals surface area contributed by atoms with E-state index in [9.17, 15) is 8.78 Å². The Bertz CT molecular complexity index is 408. The fourth-order valence-electron chi connectivity index (χ4n) is 2.24. The highest BCUT2D eigenvalue weighted by molar-refractivity contribution is 6.44. The van der Waals surface area contributed by atoms with Crippen LogP contribution in [0, 0.1) is 11.6 Å². The van der Waals surface area contributed by atoms with Crippen molar-refractivity contribution in [1.82, 2.24) is 0 Å². The molecular formula is C17H28F2O2Si. The summed E-state index contributed by atoms with van der Waals surface area (Å²) in [5, 5.41) is 0. The Hall–Kier alpha value is -0.783. The van der Waals surface area contributed by atoms with Gasteiger partial charge in [0.05, 0.1) is 0 Å². The third kappa shape index (κ3) is 8.01. The van der Waals surface area contributed by atoms with Crippen molar-refractivity contribution in [2.75, 3.05) is 13.2 Å². The lowest BCUT2D eigenvalue weighted by Crippen LogP contribution is -2.23. The average molecular weight is 330 g/mol. The molecule has 126 valence electrons. The minimum atomic E-state index is -1.53. The second-order valence-electron chi connectivity index (χ2n) is 5.51. The number of hydrogen-bond acceptors (Lipinski definition) is 2. The zero-order chi connectivity index (χ0) is 16.2. The van der Waals surface area contributed by atoms with Crippen molar-refractivity contribution in [1.29, 1.82) is 0 Å². The molecule has 0 aromatic heterocycles. The third-order valence-electron chi connectivity index (χ3n) is 3.42. The van der Waals surface area contributed by atoms with Crippen LogP contribution in [0.15, 0.2) is 18.2 Å². The van der Waals surface area contributed by atoms with Crippen LogP contribution in [0.1, 0.15) is 51.5 Å². The number of rotatable bonds is 12. The zero-order valence-corrected chi connectivity index (χ0v) is 14.9. The lowest BCUT2D eigenvalue weighted by Gasteiger charge is -2.16. The van der Waals surface area contributed by atoms with Crippen LogP contribution < -0.4 is 0 Å². The Morgan fingerprint density at radius 3 is 2.23 bits per heavy atom. The van der Waals surface area contributed by atoms with E-state index < -0.39 is 20.9 Å². The van der Waals surface area contributed by atoms with E-state index in [1.807, 2.05) is 0 Å². The van der Waals surface area contributed by atoms with E-state index in [0.29, 0.717) is 12.0 Å². The summed E-state index contributed by atoms with van der Waals surface area (Å²) in [4.78, 5) is 0. The smallest absolute Gasteiger partial charge is 0.321 e. The minimum absolute atomic E-state index is 0.440. The van der Waals surface area contributed by atoms with E-state index in [1.165, 1.54) is 12.1 Å². The first-order valence-electron chi connectivity index (χ1n) is 8.34. The molecule has 5 heteroatoms. The fourth-order valence-corrected chi connectivity index (χ4v) is 4.29. The highest BCUT2D eigenvalue weighted by atomic mass is 28.3. The van der Waals surface area contributed by atoms with E-state index >= 15 is 0 Å². The van der Waals surface area contributed by atoms with E-state index in [-0.39, 0.29) is 0 Å². The molecule has 1 aromatic rings. The predicted molar refractivity (Wildman–Crippen MR) is 88.4 cm³/mol. The van der Waals surface area contributed by atoms with Gasteiger partial charge >= 0.3 is 9.28 Å². The summed E-state index contributed by atoms with van der Waals surface area (Å²) in [6, 6.07) is 4.82. The van der Waals surface area contributed by atoms with Crippen LogP contribution >= 0.6 is 0 Å². The molecule has 0 fully saturated rings. The lowest BCUT2D eigenvalue weighted by atomic mass is 10.1. The van der Waals surface area contributed by atoms with Gasteiger partial charge in [0.1, 0.15) is 11.6 Å². The topological polar surface area (TPSA) is 18.5 Å². The first kappa shape index (κ1) is 19.3. The van der Waals surface area contributed by atoms with Crippen molar-refractivity contribution >= 4 is 9.28 Å². The van der Waals surface area contributed by atoms with Gasteiger partial charge in [-0.1, -0.05) is 32.8 Å². The number of hydrogen-bond donors (Lipinski definition) is 0. The maximum atomic E-state index is 13.5. The van der Waals surface area contributed by atoms with Crippen LogP contribution in [-0.4, -0.2) is 22.5 Å². The largest absolute Gasteiger partial charge is 0.397 e. The van der Waals surface area contributed by atoms with Gasteiger partial charge in [-0.25, -0.2) is 8.78 Å². The Kier molecular flexibility index (Phi) is 10.3. The number of benzene rings is 1. The van der Waals surface area contributed by atoms with Crippen LogP contribution in [0.25, 0.3) is 0 Å². The molecule has 0 unspecified atom stereocenters. The average Bonchev–Trinajstić information content (AvgIpc) is 2.50. The van der Waals surface area contributed by atoms with Crippen molar-refractivity contribution in [3.63, 3.8) is 0 Å². The fraction of sp³-hybridized carbons (Fsp3) is 0.647. The van der Waals surface area contributed by atoms with Crippen molar-refractivity contribution in [2.24, 2.45) is 0 Å². The van der Waals surface area contributed by atoms with Crippen molar-refractivity contribution in [3.05, 3.63) is 35.4 Å². The molecule has 0 saturated heterocycles. The predicted octanol–water partition coefficient (Wildman–Crippen LogP) is 4.75. The van der Waals surface area contributed by atoms with Crippen molar-refractivity contribution < 1.29 is 17.6 Å². The van der Waals surface area contributed by atoms with E-state index in [0.717, 1.165) is 57.4 Å². The minimum Gasteiger partial charge on any atom is -0.397 e. The Morgan fingerprint density at radius 1 is 0.955 bits per heavy atom. The molecule has 0 aliphatic heterocycles. The summed E-state index contributed by atoms with van der Waals surface area (Å²) in [5.74, 6) is -0.957. The van der Waals surface area contributed by atoms with Gasteiger partial charge in [0.15, 0.2) is 0 Å². The van der Waals surface area contributed by atoms with E-state index in [2.05, 4.69) is 13.8 Å². The molecule has 0 radical (unpaired) electrons. The summed E-state index contributed by atoms with van der Waals surface area (Å²) >= 11 is 0. The standard InChI is InChI=1S/C17H28F2O2Si/c1-3-11-20-22(21-12-4-2)13-7-5-6-8-15-9-10-16(18)14-17(15)19/h9-10,14,22H,3-8,11-13H2,1-2H3. The SMILES string of the molecule is CCCO[SiH](CCCCCc1ccc(F)cc1F)OCCC. The molecule has 0 spiro atoms. The molecule has 1 aromatic carbocycles. The first-order valence-corrected chi connectivity index (χ1v) is 10.1. The summed E-state index contributed by atoms with van der Waals surface area (Å²) in [6.07, 6.45) is 5.67. The van der Waals surface area contributed by atoms with E-state index in [1.54, 1.807) is 0 Å². The molecule has 0 heterocycles. The summed E-state index contributed by atoms with van der Waals surface area (Å²) in [6.45, 7) is 5.76. The number of unbranched alkanes of at least 4 members (excludes halogenated alkanes) is 2. The molecule has 0 atom stereocenters. The van der Waals surface area contributed by atoms with Crippen molar-refractivity contribution in [3.8, 4) is 0 Å². The Morgan fingerprint density at radius 2 is 1.64 bits per heavy atom. The molecule has 0 aliphatic rings. The van der Waals surface area contributed by atoms with Crippen molar-refractivity contribution in [2.45, 2.75) is 58.4 Å². The molecule has 0 aliphatic carbocycles. The maximum Gasteiger partial charge on any atom is 0.321 e. The second kappa shape index (κ2) is 11.7. The molecule has 1 rings (SSSR count). The van der Waals surface area contributed by atoms with Crippen LogP contribution in [0.3, 0.4) is 0 Å². The molecule has 0 saturated carbocycles. The Labute approximate surface area is 134 Å². The van der Waals surface area contributed by atoms with E-state index in [4.69, 9.17) is 8.85 Å². The van der Waals surface area contributed by atoms with Gasteiger partial charge in [-0.2, -0.15) is 0 Å². The first-order chi connectivity index (χ1) is 10.7. The van der Waals surface area contributed by atoms with Gasteiger partial charge in [0.25, 0.3) is 0 Å². The number of aryl methyl sites for hydroxylation is 1. The molecule has 22 heavy (non-hydrogen) atoms. The monoisotopic (exact) mass is 330 g/mol. The van der Waals surface area contributed by atoms with Gasteiger partial charge in [-0.3, -0.25) is 0 Å². The third-order valence-corrected chi connectivity index (χ3v) is 5.51. The molecular weight excluding hydrogens is 302 g/mol. The second-order valence-corrected chi connectivity index (χ2v) is 7.61. The van der Waals surface area contributed by atoms with Gasteiger partial charge < -0.3 is 8.85 Å². The van der Waals surface area contributed by atoms with Gasteiger partial charge in [0, 0.05) is 19.3 Å². The highest BCUT2D eigenvalue weighted by Gasteiger charge is 2.12. The van der Waals surface area contributed by atoms with Crippen LogP contribution in [0.2, 0.25) is 6.04 Å². The van der Waals surface area contributed by atoms with Crippen LogP contribution in [0.4, 0.5) is 8.78 Å². The molecule has 0 bridgehead atoms. The number of halogens is 2. The normalized spacial score (nSPS) is 11.3. The van der Waals surface area contributed by atoms with Gasteiger partial charge in [-0.05, 0) is 43.4 Å². The van der Waals surface area contributed by atoms with Gasteiger partial charge in [-0.15, -0.1) is 0 Å². The molecule has 0 amide bonds. The summed E-state index contributed by atoms with van der Waals surface area (Å²) in [7, 11) is -1.53. The van der Waals surface area contributed by atoms with Crippen LogP contribution in [-0.2, 0) is 15.3 Å². The van der Waals surface area contributed by atoms with Gasteiger partial charge in [0.2, 0.25) is 0 Å². The molecule has 2 nitrogen and oxygen atoms in total. The molecule has 0 N–H and O–H groups in total. The summed E-state index contributed by atoms with van der Waals surface area (Å²) < 4.78 is 37.9. The summed E-state index contributed by atoms with van der Waals surface area (Å²) in [5.41, 5.74) is 0.597. The lowest BCUT2D eigenvalue weighted by molar-refractivity contribution is 0.195. The highest BCUT2D eigenvalue weighted by Crippen LogP contribution is 2.14. The quantitative estimate of drug-likeness (QED) is 0.407. The maximum absolute atomic E-state index is 13.5. The zero-order valence-electron chi connectivity index (χ0n) is 13.7. The van der Waals surface area contributed by atoms with Crippen LogP contribution in [0.5, 0.6) is 0 Å². The Balaban J connectivity index is 2.21.